The number of aliphatic hydroxyl groups excluding tert-OH is 3. The standard InChI is InChI=1S/C42H44N4O13/c1-53-37-26-7-6-24-32-27(12-20-4-2-19(3-5-20)9-11-54-26)56-28-14-23(13-22(31(28)38(32)58-36(24)37)17-46-16-21-8-10-45-25(21)18-46)55-42-35(52)33(50)34(51)39(59-42)40(41(43)44)57-30(49)15-29(47)48/h2-8,10,13-14,18,27,32-35,38-42,50-52H,9,11-12,15-17,43-44H2,1H3,(H,47,48). The van der Waals surface area contributed by atoms with Crippen LogP contribution in [0.25, 0.3) is 0 Å². The maximum atomic E-state index is 12.3. The molecule has 0 spiro atoms. The fourth-order valence-corrected chi connectivity index (χ4v) is 8.72. The van der Waals surface area contributed by atoms with E-state index < -0.39 is 73.5 Å². The Morgan fingerprint density at radius 2 is 1.80 bits per heavy atom. The molecule has 1 saturated heterocycles. The Balaban J connectivity index is 1.11. The molecule has 9 unspecified atom stereocenters. The van der Waals surface area contributed by atoms with E-state index >= 15 is 0 Å². The van der Waals surface area contributed by atoms with Crippen molar-refractivity contribution in [2.45, 2.75) is 86.9 Å². The zero-order valence-corrected chi connectivity index (χ0v) is 31.9. The molecule has 17 nitrogen and oxygen atoms in total. The Labute approximate surface area is 338 Å². The number of hydrogen-bond donors (Lipinski definition) is 6. The molecule has 0 amide bonds. The van der Waals surface area contributed by atoms with Crippen molar-refractivity contribution in [2.24, 2.45) is 16.5 Å². The highest BCUT2D eigenvalue weighted by Gasteiger charge is 2.52. The summed E-state index contributed by atoms with van der Waals surface area (Å²) in [6.07, 6.45) is -6.99. The van der Waals surface area contributed by atoms with Crippen molar-refractivity contribution >= 4 is 18.2 Å². The number of carbonyl (C=O) groups excluding carboxylic acids is 1. The number of carboxylic acids is 1. The molecular formula is C42H44N4O13. The lowest BCUT2D eigenvalue weighted by molar-refractivity contribution is -0.291. The highest BCUT2D eigenvalue weighted by atomic mass is 16.7. The van der Waals surface area contributed by atoms with Crippen LogP contribution in [-0.2, 0) is 38.4 Å². The van der Waals surface area contributed by atoms with Gasteiger partial charge in [-0.15, -0.1) is 0 Å². The number of nitrogens with zero attached hydrogens (tertiary/aromatic N) is 2. The van der Waals surface area contributed by atoms with Crippen molar-refractivity contribution in [3.63, 3.8) is 0 Å². The first-order valence-corrected chi connectivity index (χ1v) is 19.4. The summed E-state index contributed by atoms with van der Waals surface area (Å²) < 4.78 is 43.6. The molecule has 9 aliphatic heterocycles. The van der Waals surface area contributed by atoms with Gasteiger partial charge in [0.1, 0.15) is 54.5 Å². The van der Waals surface area contributed by atoms with Crippen LogP contribution in [0.5, 0.6) is 28.7 Å². The third kappa shape index (κ3) is 7.23. The van der Waals surface area contributed by atoms with Crippen LogP contribution >= 0.6 is 0 Å². The number of allylic oxidation sites excluding steroid dienone is 1. The number of methoxy groups -OCH3 is 1. The van der Waals surface area contributed by atoms with Crippen LogP contribution < -0.4 is 35.2 Å². The second kappa shape index (κ2) is 15.5. The van der Waals surface area contributed by atoms with Gasteiger partial charge >= 0.3 is 11.9 Å². The van der Waals surface area contributed by atoms with Crippen molar-refractivity contribution in [1.82, 2.24) is 4.90 Å². The van der Waals surface area contributed by atoms with Gasteiger partial charge in [-0.2, -0.15) is 0 Å². The molecule has 3 aromatic carbocycles. The van der Waals surface area contributed by atoms with Crippen LogP contribution in [0.2, 0.25) is 0 Å². The summed E-state index contributed by atoms with van der Waals surface area (Å²) in [6, 6.07) is 15.7. The van der Waals surface area contributed by atoms with Gasteiger partial charge in [0, 0.05) is 61.1 Å². The Hall–Kier alpha value is -5.69. The minimum Gasteiger partial charge on any atom is -0.490 e. The Kier molecular flexibility index (Phi) is 10.2. The van der Waals surface area contributed by atoms with E-state index in [4.69, 9.17) is 49.7 Å². The van der Waals surface area contributed by atoms with Gasteiger partial charge in [0.2, 0.25) is 12.0 Å². The molecule has 9 atom stereocenters. The van der Waals surface area contributed by atoms with Gasteiger partial charge < -0.3 is 70.0 Å². The molecule has 6 bridgehead atoms. The first kappa shape index (κ1) is 38.8. The monoisotopic (exact) mass is 812 g/mol. The van der Waals surface area contributed by atoms with E-state index in [1.807, 2.05) is 24.4 Å². The number of hydrogen-bond acceptors (Lipinski definition) is 16. The van der Waals surface area contributed by atoms with E-state index in [1.54, 1.807) is 25.5 Å². The minimum absolute atomic E-state index is 0.169. The molecule has 1 fully saturated rings. The number of aliphatic carboxylic acids is 1. The van der Waals surface area contributed by atoms with Gasteiger partial charge in [0.25, 0.3) is 0 Å². The second-order valence-electron chi connectivity index (χ2n) is 15.4. The van der Waals surface area contributed by atoms with E-state index in [9.17, 15) is 24.9 Å². The molecule has 0 radical (unpaired) electrons. The van der Waals surface area contributed by atoms with Crippen LogP contribution in [-0.4, -0.2) is 113 Å². The number of carboxylic acid groups (broad SMARTS) is 1. The summed E-state index contributed by atoms with van der Waals surface area (Å²) in [7, 11) is 1.59. The SMILES string of the molecule is COc1c2ccc3c1OC1c4c(CN5C=C6N=CC=C6C5)cc(OC5OC(C(OC(=O)CC(=O)O)C(N)N)C(O)C(O)C5O)cc4OC(Cc4ccc(cc4)CCO2)C31. The largest absolute Gasteiger partial charge is 0.490 e. The highest BCUT2D eigenvalue weighted by Crippen LogP contribution is 2.59. The van der Waals surface area contributed by atoms with Crippen molar-refractivity contribution in [2.75, 3.05) is 20.3 Å². The first-order valence-electron chi connectivity index (χ1n) is 19.4. The fraction of sp³-hybridized carbons (Fsp3) is 0.405. The number of aliphatic hydroxyl groups is 3. The third-order valence-corrected chi connectivity index (χ3v) is 11.5. The summed E-state index contributed by atoms with van der Waals surface area (Å²) in [5.41, 5.74) is 18.3. The number of aliphatic imine (C=N–C) groups is 1. The summed E-state index contributed by atoms with van der Waals surface area (Å²) >= 11 is 0. The fourth-order valence-electron chi connectivity index (χ4n) is 8.72. The Bertz CT molecular complexity index is 2240. The van der Waals surface area contributed by atoms with E-state index in [0.29, 0.717) is 55.5 Å². The van der Waals surface area contributed by atoms with Gasteiger partial charge in [0.15, 0.2) is 17.6 Å². The predicted octanol–water partition coefficient (Wildman–Crippen LogP) is 1.34. The number of benzene rings is 3. The van der Waals surface area contributed by atoms with Crippen molar-refractivity contribution in [3.8, 4) is 28.7 Å². The zero-order chi connectivity index (χ0) is 41.1. The number of ether oxygens (including phenoxy) is 7. The normalized spacial score (nSPS) is 27.7. The number of fused-ring (bicyclic) bond motifs is 3. The average Bonchev–Trinajstić information content (AvgIpc) is 3.91. The molecule has 9 heterocycles. The van der Waals surface area contributed by atoms with E-state index in [-0.39, 0.29) is 11.7 Å². The van der Waals surface area contributed by atoms with Crippen molar-refractivity contribution in [1.29, 1.82) is 0 Å². The molecule has 59 heavy (non-hydrogen) atoms. The lowest BCUT2D eigenvalue weighted by Gasteiger charge is -2.43. The summed E-state index contributed by atoms with van der Waals surface area (Å²) in [4.78, 5) is 30.1. The molecule has 12 rings (SSSR count). The minimum atomic E-state index is -1.88. The summed E-state index contributed by atoms with van der Waals surface area (Å²) in [5, 5.41) is 42.2. The van der Waals surface area contributed by atoms with E-state index in [1.165, 1.54) is 0 Å². The first-order chi connectivity index (χ1) is 28.4. The topological polar surface area (TPSA) is 247 Å². The Morgan fingerprint density at radius 1 is 1.00 bits per heavy atom. The number of rotatable bonds is 10. The molecule has 0 saturated carbocycles. The maximum Gasteiger partial charge on any atom is 0.317 e. The zero-order valence-electron chi connectivity index (χ0n) is 31.9. The number of carbonyl (C=O) groups is 2. The molecule has 9 aliphatic rings. The molecule has 0 aromatic heterocycles. The highest BCUT2D eigenvalue weighted by molar-refractivity contribution is 5.90. The van der Waals surface area contributed by atoms with Gasteiger partial charge in [-0.25, -0.2) is 0 Å². The summed E-state index contributed by atoms with van der Waals surface area (Å²) in [6.45, 7) is 1.40. The van der Waals surface area contributed by atoms with E-state index in [0.717, 1.165) is 39.1 Å². The molecule has 17 heteroatoms. The smallest absolute Gasteiger partial charge is 0.317 e. The maximum absolute atomic E-state index is 12.3. The quantitative estimate of drug-likeness (QED) is 0.0961. The van der Waals surface area contributed by atoms with Gasteiger partial charge in [-0.05, 0) is 34.9 Å². The molecular weight excluding hydrogens is 768 g/mol. The van der Waals surface area contributed by atoms with Gasteiger partial charge in [0.05, 0.1) is 31.5 Å². The Morgan fingerprint density at radius 3 is 2.54 bits per heavy atom. The lowest BCUT2D eigenvalue weighted by Crippen LogP contribution is -2.66. The average molecular weight is 813 g/mol. The number of esters is 1. The summed E-state index contributed by atoms with van der Waals surface area (Å²) in [5.74, 6) is -0.684. The lowest BCUT2D eigenvalue weighted by atomic mass is 9.80. The van der Waals surface area contributed by atoms with Crippen LogP contribution in [0, 0.1) is 0 Å². The molecule has 3 aromatic rings. The third-order valence-electron chi connectivity index (χ3n) is 11.5. The van der Waals surface area contributed by atoms with Crippen LogP contribution in [0.3, 0.4) is 0 Å². The predicted molar refractivity (Wildman–Crippen MR) is 206 cm³/mol. The van der Waals surface area contributed by atoms with Crippen LogP contribution in [0.1, 0.15) is 46.3 Å². The van der Waals surface area contributed by atoms with Gasteiger partial charge in [-0.1, -0.05) is 30.3 Å². The molecule has 310 valence electrons. The number of nitrogens with two attached hydrogens (primary N) is 2. The van der Waals surface area contributed by atoms with Gasteiger partial charge in [-0.3, -0.25) is 14.6 Å². The molecule has 0 aliphatic carbocycles. The van der Waals surface area contributed by atoms with Crippen LogP contribution in [0.4, 0.5) is 0 Å². The van der Waals surface area contributed by atoms with Crippen molar-refractivity contribution in [3.05, 3.63) is 99.9 Å². The van der Waals surface area contributed by atoms with Crippen molar-refractivity contribution < 1.29 is 63.2 Å². The molecule has 8 N–H and O–H groups in total. The van der Waals surface area contributed by atoms with E-state index in [2.05, 4.69) is 34.2 Å². The second-order valence-corrected chi connectivity index (χ2v) is 15.4. The van der Waals surface area contributed by atoms with Crippen LogP contribution in [0.15, 0.2) is 77.1 Å².